The van der Waals surface area contributed by atoms with Crippen LogP contribution in [0.4, 0.5) is 0 Å². The Morgan fingerprint density at radius 1 is 0.367 bits per heavy atom. The van der Waals surface area contributed by atoms with E-state index in [1.807, 2.05) is 0 Å². The van der Waals surface area contributed by atoms with E-state index in [0.717, 1.165) is 22.6 Å². The summed E-state index contributed by atoms with van der Waals surface area (Å²) in [4.78, 5) is 0. The summed E-state index contributed by atoms with van der Waals surface area (Å²) in [6.07, 6.45) is 23.5. The summed E-state index contributed by atoms with van der Waals surface area (Å²) >= 11 is -0.106. The first-order valence-electron chi connectivity index (χ1n) is 19.0. The van der Waals surface area contributed by atoms with Gasteiger partial charge in [0.1, 0.15) is 0 Å². The Morgan fingerprint density at radius 2 is 0.612 bits per heavy atom. The fourth-order valence-corrected chi connectivity index (χ4v) is 17.2. The maximum absolute atomic E-state index is 4.81. The van der Waals surface area contributed by atoms with E-state index >= 15 is 0 Å². The molecule has 0 unspecified atom stereocenters. The summed E-state index contributed by atoms with van der Waals surface area (Å²) in [6.45, 7) is 0. The fraction of sp³-hybridized carbons (Fsp3) is 0.455. The molecule has 0 radical (unpaired) electrons. The third kappa shape index (κ3) is 10.1. The van der Waals surface area contributed by atoms with E-state index in [2.05, 4.69) is 109 Å². The van der Waals surface area contributed by atoms with Gasteiger partial charge < -0.3 is 0 Å². The van der Waals surface area contributed by atoms with Gasteiger partial charge in [0.15, 0.2) is 0 Å². The first-order valence-corrected chi connectivity index (χ1v) is 25.9. The predicted molar refractivity (Wildman–Crippen MR) is 218 cm³/mol. The van der Waals surface area contributed by atoms with Gasteiger partial charge in [0.05, 0.1) is 0 Å². The minimum Gasteiger partial charge on any atom is -0.0683 e. The van der Waals surface area contributed by atoms with Crippen molar-refractivity contribution >= 4 is 45.5 Å². The predicted octanol–water partition coefficient (Wildman–Crippen LogP) is 14.1. The minimum atomic E-state index is -0.106. The fourth-order valence-electron chi connectivity index (χ4n) is 9.23. The van der Waals surface area contributed by atoms with Crippen molar-refractivity contribution in [2.75, 3.05) is 0 Å². The molecule has 0 heterocycles. The quantitative estimate of drug-likeness (QED) is 0.123. The van der Waals surface area contributed by atoms with Gasteiger partial charge in [-0.3, -0.25) is 0 Å². The van der Waals surface area contributed by atoms with Gasteiger partial charge in [0.25, 0.3) is 0 Å². The van der Waals surface area contributed by atoms with Crippen LogP contribution >= 0.6 is 34.9 Å². The maximum atomic E-state index is 4.81. The number of hydrogen-bond acceptors (Lipinski definition) is 0. The molecule has 8 rings (SSSR count). The number of benzene rings is 4. The van der Waals surface area contributed by atoms with E-state index in [1.165, 1.54) is 125 Å². The molecule has 4 aromatic rings. The Labute approximate surface area is 316 Å². The van der Waals surface area contributed by atoms with E-state index in [9.17, 15) is 0 Å². The van der Waals surface area contributed by atoms with E-state index < -0.39 is 0 Å². The summed E-state index contributed by atoms with van der Waals surface area (Å²) < 4.78 is 0. The number of halogens is 2. The molecule has 5 heteroatoms. The molecule has 0 amide bonds. The normalized spacial score (nSPS) is 18.9. The van der Waals surface area contributed by atoms with Crippen LogP contribution in [-0.2, 0) is 15.9 Å². The van der Waals surface area contributed by atoms with Crippen molar-refractivity contribution in [2.45, 2.75) is 125 Å². The Bertz CT molecular complexity index is 1360. The van der Waals surface area contributed by atoms with Gasteiger partial charge in [-0.1, -0.05) is 176 Å². The van der Waals surface area contributed by atoms with Crippen LogP contribution in [0.25, 0.3) is 22.3 Å². The van der Waals surface area contributed by atoms with Crippen molar-refractivity contribution in [3.63, 3.8) is 0 Å². The van der Waals surface area contributed by atoms with Gasteiger partial charge in [-0.2, -0.15) is 0 Å². The summed E-state index contributed by atoms with van der Waals surface area (Å²) in [5.41, 5.74) is 9.78. The van der Waals surface area contributed by atoms with Crippen LogP contribution < -0.4 is 10.6 Å². The van der Waals surface area contributed by atoms with Crippen LogP contribution in [0.15, 0.2) is 109 Å². The van der Waals surface area contributed by atoms with Crippen molar-refractivity contribution in [1.82, 2.24) is 0 Å². The van der Waals surface area contributed by atoms with Crippen LogP contribution in [0.5, 0.6) is 0 Å². The maximum Gasteiger partial charge on any atom is -0.0107 e. The zero-order valence-electron chi connectivity index (χ0n) is 29.0. The molecule has 0 spiro atoms. The van der Waals surface area contributed by atoms with E-state index in [-0.39, 0.29) is 31.8 Å². The smallest absolute Gasteiger partial charge is 0.0107 e. The molecular formula is C44H54Cl2P2Pd. The van der Waals surface area contributed by atoms with Crippen LogP contribution in [0, 0.1) is 0 Å². The van der Waals surface area contributed by atoms with Gasteiger partial charge in [0.2, 0.25) is 0 Å². The topological polar surface area (TPSA) is 0 Å². The van der Waals surface area contributed by atoms with Gasteiger partial charge in [-0.15, -0.1) is 0 Å². The molecule has 0 aromatic heterocycles. The van der Waals surface area contributed by atoms with Gasteiger partial charge >= 0.3 is 35.0 Å². The zero-order valence-corrected chi connectivity index (χ0v) is 33.8. The van der Waals surface area contributed by atoms with Gasteiger partial charge in [0, 0.05) is 0 Å². The largest absolute Gasteiger partial charge is 0.0683 e. The van der Waals surface area contributed by atoms with E-state index in [1.54, 1.807) is 10.6 Å². The Kier molecular flexibility index (Phi) is 15.6. The molecule has 4 aliphatic rings. The van der Waals surface area contributed by atoms with Gasteiger partial charge in [-0.05, 0) is 107 Å². The second-order valence-corrected chi connectivity index (χ2v) is 22.3. The van der Waals surface area contributed by atoms with Crippen molar-refractivity contribution in [3.8, 4) is 22.3 Å². The first kappa shape index (κ1) is 37.7. The second kappa shape index (κ2) is 20.3. The molecule has 0 atom stereocenters. The summed E-state index contributed by atoms with van der Waals surface area (Å²) in [5, 5.41) is 3.40. The zero-order chi connectivity index (χ0) is 33.7. The van der Waals surface area contributed by atoms with Crippen molar-refractivity contribution in [2.24, 2.45) is 0 Å². The molecule has 4 fully saturated rings. The summed E-state index contributed by atoms with van der Waals surface area (Å²) in [7, 11) is 9.62. The van der Waals surface area contributed by atoms with E-state index in [4.69, 9.17) is 19.1 Å². The molecule has 0 aliphatic heterocycles. The molecule has 264 valence electrons. The van der Waals surface area contributed by atoms with Crippen LogP contribution in [-0.4, -0.2) is 22.6 Å². The molecule has 0 nitrogen and oxygen atoms in total. The standard InChI is InChI=1S/2C22H27P.2ClH.Pd/c2*1-2-10-18(11-3-1)21-16-8-9-17-22(21)23(19-12-4-5-13-19)20-14-6-7-15-20;;;/h2*1-3,8-11,16-17,19-20H,4-7,12-15H2;2*1H;/q;;;;+2/p-2. The van der Waals surface area contributed by atoms with Crippen molar-refractivity contribution < 1.29 is 15.9 Å². The minimum absolute atomic E-state index is 0.00244. The number of rotatable bonds is 8. The molecule has 4 aromatic carbocycles. The Balaban J connectivity index is 0.000000158. The SMILES string of the molecule is [Cl][Pd][Cl].c1ccc(-c2ccccc2P(C2CCCC2)C2CCCC2)cc1.c1ccc(-c2ccccc2P(C2CCCC2)C2CCCC2)cc1. The number of hydrogen-bond donors (Lipinski definition) is 0. The average Bonchev–Trinajstić information content (AvgIpc) is 4.01. The molecule has 0 N–H and O–H groups in total. The third-order valence-corrected chi connectivity index (χ3v) is 18.5. The molecule has 4 aliphatic carbocycles. The third-order valence-electron chi connectivity index (χ3n) is 11.4. The summed E-state index contributed by atoms with van der Waals surface area (Å²) in [5.74, 6) is 0. The first-order chi connectivity index (χ1) is 24.3. The van der Waals surface area contributed by atoms with Crippen molar-refractivity contribution in [3.05, 3.63) is 109 Å². The van der Waals surface area contributed by atoms with Crippen LogP contribution in [0.3, 0.4) is 0 Å². The van der Waals surface area contributed by atoms with E-state index in [0.29, 0.717) is 0 Å². The monoisotopic (exact) mass is 820 g/mol. The van der Waals surface area contributed by atoms with Crippen molar-refractivity contribution in [1.29, 1.82) is 0 Å². The van der Waals surface area contributed by atoms with Crippen LogP contribution in [0.2, 0.25) is 0 Å². The Morgan fingerprint density at radius 3 is 0.898 bits per heavy atom. The molecule has 0 saturated heterocycles. The second-order valence-electron chi connectivity index (χ2n) is 14.4. The average molecular weight is 822 g/mol. The van der Waals surface area contributed by atoms with Crippen LogP contribution in [0.1, 0.15) is 103 Å². The summed E-state index contributed by atoms with van der Waals surface area (Å²) in [6, 6.07) is 40.8. The molecule has 0 bridgehead atoms. The molecular weight excluding hydrogens is 768 g/mol. The molecule has 49 heavy (non-hydrogen) atoms. The van der Waals surface area contributed by atoms with Gasteiger partial charge in [-0.25, -0.2) is 0 Å². The molecule has 4 saturated carbocycles. The Hall–Kier alpha value is -1.02.